The normalized spacial score (nSPS) is 17.5. The fraction of sp³-hybridized carbons (Fsp3) is 0.833. The summed E-state index contributed by atoms with van der Waals surface area (Å²) in [5, 5.41) is 12.1. The van der Waals surface area contributed by atoms with E-state index in [1.165, 1.54) is 19.3 Å². The van der Waals surface area contributed by atoms with E-state index in [0.29, 0.717) is 0 Å². The number of nitrogens with one attached hydrogen (secondary N) is 1. The van der Waals surface area contributed by atoms with Gasteiger partial charge in [-0.2, -0.15) is 0 Å². The summed E-state index contributed by atoms with van der Waals surface area (Å²) in [6, 6.07) is 0.265. The van der Waals surface area contributed by atoms with E-state index in [9.17, 15) is 0 Å². The predicted octanol–water partition coefficient (Wildman–Crippen LogP) is 1.00. The van der Waals surface area contributed by atoms with Gasteiger partial charge in [-0.1, -0.05) is 6.42 Å². The van der Waals surface area contributed by atoms with Crippen molar-refractivity contribution < 1.29 is 0 Å². The standard InChI is InChI=1S/C12H23N5/c1-10(14-8-5-7-13)12-16-15-11-6-3-2-4-9-17(11)12/h10,14H,2-9,13H2,1H3. The second kappa shape index (κ2) is 6.12. The largest absolute Gasteiger partial charge is 0.330 e. The van der Waals surface area contributed by atoms with E-state index in [0.717, 1.165) is 44.1 Å². The highest BCUT2D eigenvalue weighted by Crippen LogP contribution is 2.18. The Morgan fingerprint density at radius 3 is 3.06 bits per heavy atom. The first-order valence-corrected chi connectivity index (χ1v) is 6.68. The monoisotopic (exact) mass is 237 g/mol. The predicted molar refractivity (Wildman–Crippen MR) is 67.7 cm³/mol. The molecule has 2 rings (SSSR count). The van der Waals surface area contributed by atoms with Gasteiger partial charge >= 0.3 is 0 Å². The summed E-state index contributed by atoms with van der Waals surface area (Å²) < 4.78 is 2.30. The summed E-state index contributed by atoms with van der Waals surface area (Å²) in [5.41, 5.74) is 5.49. The lowest BCUT2D eigenvalue weighted by molar-refractivity contribution is 0.498. The number of fused-ring (bicyclic) bond motifs is 1. The molecule has 0 spiro atoms. The van der Waals surface area contributed by atoms with Crippen LogP contribution in [0.2, 0.25) is 0 Å². The maximum Gasteiger partial charge on any atom is 0.149 e. The molecule has 0 amide bonds. The van der Waals surface area contributed by atoms with Crippen molar-refractivity contribution >= 4 is 0 Å². The van der Waals surface area contributed by atoms with Gasteiger partial charge in [-0.15, -0.1) is 10.2 Å². The van der Waals surface area contributed by atoms with Gasteiger partial charge in [0.15, 0.2) is 0 Å². The molecule has 2 heterocycles. The van der Waals surface area contributed by atoms with Crippen LogP contribution < -0.4 is 11.1 Å². The van der Waals surface area contributed by atoms with E-state index in [-0.39, 0.29) is 6.04 Å². The average molecular weight is 237 g/mol. The molecule has 1 atom stereocenters. The van der Waals surface area contributed by atoms with Crippen LogP contribution in [0.25, 0.3) is 0 Å². The fourth-order valence-electron chi connectivity index (χ4n) is 2.34. The number of rotatable bonds is 5. The lowest BCUT2D eigenvalue weighted by Crippen LogP contribution is -2.25. The molecule has 1 unspecified atom stereocenters. The number of aromatic nitrogens is 3. The highest BCUT2D eigenvalue weighted by molar-refractivity contribution is 5.01. The molecule has 0 aliphatic carbocycles. The second-order valence-corrected chi connectivity index (χ2v) is 4.75. The molecule has 0 fully saturated rings. The first-order chi connectivity index (χ1) is 8.33. The lowest BCUT2D eigenvalue weighted by atomic mass is 10.2. The maximum atomic E-state index is 5.49. The van der Waals surface area contributed by atoms with Crippen molar-refractivity contribution in [3.63, 3.8) is 0 Å². The van der Waals surface area contributed by atoms with Gasteiger partial charge < -0.3 is 15.6 Å². The first kappa shape index (κ1) is 12.5. The summed E-state index contributed by atoms with van der Waals surface area (Å²) in [5.74, 6) is 2.24. The van der Waals surface area contributed by atoms with E-state index in [1.54, 1.807) is 0 Å². The molecule has 0 radical (unpaired) electrons. The molecule has 1 aliphatic heterocycles. The maximum absolute atomic E-state index is 5.49. The Labute approximate surface area is 103 Å². The van der Waals surface area contributed by atoms with E-state index in [2.05, 4.69) is 27.0 Å². The zero-order chi connectivity index (χ0) is 12.1. The van der Waals surface area contributed by atoms with Crippen LogP contribution in [0.5, 0.6) is 0 Å². The van der Waals surface area contributed by atoms with Gasteiger partial charge in [0, 0.05) is 13.0 Å². The summed E-state index contributed by atoms with van der Waals surface area (Å²) >= 11 is 0. The van der Waals surface area contributed by atoms with Gasteiger partial charge in [-0.25, -0.2) is 0 Å². The average Bonchev–Trinajstić information content (AvgIpc) is 2.59. The van der Waals surface area contributed by atoms with Crippen molar-refractivity contribution in [3.8, 4) is 0 Å². The van der Waals surface area contributed by atoms with Gasteiger partial charge in [0.25, 0.3) is 0 Å². The number of hydrogen-bond donors (Lipinski definition) is 2. The molecule has 1 aromatic heterocycles. The molecular weight excluding hydrogens is 214 g/mol. The zero-order valence-corrected chi connectivity index (χ0v) is 10.7. The van der Waals surface area contributed by atoms with Gasteiger partial charge in [0.2, 0.25) is 0 Å². The van der Waals surface area contributed by atoms with E-state index >= 15 is 0 Å². The highest BCUT2D eigenvalue weighted by Gasteiger charge is 2.18. The van der Waals surface area contributed by atoms with Crippen molar-refractivity contribution in [2.24, 2.45) is 5.73 Å². The summed E-state index contributed by atoms with van der Waals surface area (Å²) in [7, 11) is 0. The molecule has 5 nitrogen and oxygen atoms in total. The van der Waals surface area contributed by atoms with Gasteiger partial charge in [-0.3, -0.25) is 0 Å². The molecule has 1 aromatic rings. The van der Waals surface area contributed by atoms with E-state index in [1.807, 2.05) is 0 Å². The van der Waals surface area contributed by atoms with Crippen LogP contribution in [0.3, 0.4) is 0 Å². The second-order valence-electron chi connectivity index (χ2n) is 4.75. The van der Waals surface area contributed by atoms with Crippen LogP contribution in [0.1, 0.15) is 50.3 Å². The Morgan fingerprint density at radius 2 is 2.24 bits per heavy atom. The summed E-state index contributed by atoms with van der Waals surface area (Å²) in [6.07, 6.45) is 5.87. The molecule has 0 bridgehead atoms. The van der Waals surface area contributed by atoms with Crippen LogP contribution in [0.15, 0.2) is 0 Å². The van der Waals surface area contributed by atoms with Gasteiger partial charge in [0.05, 0.1) is 6.04 Å². The van der Waals surface area contributed by atoms with Crippen molar-refractivity contribution in [2.75, 3.05) is 13.1 Å². The Hall–Kier alpha value is -0.940. The zero-order valence-electron chi connectivity index (χ0n) is 10.7. The van der Waals surface area contributed by atoms with Gasteiger partial charge in [0.1, 0.15) is 11.6 Å². The highest BCUT2D eigenvalue weighted by atomic mass is 15.3. The molecule has 0 saturated carbocycles. The minimum Gasteiger partial charge on any atom is -0.330 e. The quantitative estimate of drug-likeness (QED) is 0.750. The van der Waals surface area contributed by atoms with Crippen molar-refractivity contribution in [3.05, 3.63) is 11.6 Å². The Bertz CT molecular complexity index is 347. The Morgan fingerprint density at radius 1 is 1.35 bits per heavy atom. The molecule has 96 valence electrons. The topological polar surface area (TPSA) is 68.8 Å². The van der Waals surface area contributed by atoms with Crippen LogP contribution in [-0.4, -0.2) is 27.9 Å². The molecule has 17 heavy (non-hydrogen) atoms. The Kier molecular flexibility index (Phi) is 4.50. The number of nitrogens with two attached hydrogens (primary N) is 1. The summed E-state index contributed by atoms with van der Waals surface area (Å²) in [6.45, 7) is 4.90. The third kappa shape index (κ3) is 3.04. The van der Waals surface area contributed by atoms with Crippen LogP contribution in [-0.2, 0) is 13.0 Å². The third-order valence-corrected chi connectivity index (χ3v) is 3.36. The minimum atomic E-state index is 0.265. The first-order valence-electron chi connectivity index (χ1n) is 6.68. The van der Waals surface area contributed by atoms with Crippen LogP contribution in [0, 0.1) is 0 Å². The fourth-order valence-corrected chi connectivity index (χ4v) is 2.34. The molecule has 0 saturated heterocycles. The van der Waals surface area contributed by atoms with Crippen LogP contribution >= 0.6 is 0 Å². The number of nitrogens with zero attached hydrogens (tertiary/aromatic N) is 3. The number of hydrogen-bond acceptors (Lipinski definition) is 4. The smallest absolute Gasteiger partial charge is 0.149 e. The Balaban J connectivity index is 2.02. The number of aryl methyl sites for hydroxylation is 1. The summed E-state index contributed by atoms with van der Waals surface area (Å²) in [4.78, 5) is 0. The van der Waals surface area contributed by atoms with E-state index in [4.69, 9.17) is 5.73 Å². The third-order valence-electron chi connectivity index (χ3n) is 3.36. The SMILES string of the molecule is CC(NCCCN)c1nnc2n1CCCCC2. The lowest BCUT2D eigenvalue weighted by Gasteiger charge is -2.14. The molecule has 0 aromatic carbocycles. The minimum absolute atomic E-state index is 0.265. The van der Waals surface area contributed by atoms with Crippen molar-refractivity contribution in [1.82, 2.24) is 20.1 Å². The van der Waals surface area contributed by atoms with E-state index < -0.39 is 0 Å². The molecular formula is C12H23N5. The molecule has 1 aliphatic rings. The van der Waals surface area contributed by atoms with Crippen molar-refractivity contribution in [1.29, 1.82) is 0 Å². The molecule has 3 N–H and O–H groups in total. The van der Waals surface area contributed by atoms with Gasteiger partial charge in [-0.05, 0) is 39.3 Å². The van der Waals surface area contributed by atoms with Crippen LogP contribution in [0.4, 0.5) is 0 Å². The molecule has 5 heteroatoms. The van der Waals surface area contributed by atoms with Crippen molar-refractivity contribution in [2.45, 2.75) is 51.6 Å².